The van der Waals surface area contributed by atoms with Gasteiger partial charge in [-0.15, -0.1) is 0 Å². The van der Waals surface area contributed by atoms with E-state index in [1.807, 2.05) is 0 Å². The Labute approximate surface area is 210 Å². The number of ketones is 1. The molecule has 0 bridgehead atoms. The van der Waals surface area contributed by atoms with Crippen LogP contribution in [-0.4, -0.2) is 34.2 Å². The fourth-order valence-corrected chi connectivity index (χ4v) is 4.10. The van der Waals surface area contributed by atoms with Crippen LogP contribution in [0.5, 0.6) is 0 Å². The molecule has 0 aliphatic rings. The van der Waals surface area contributed by atoms with Crippen LogP contribution in [0.1, 0.15) is 65.4 Å². The first-order valence-electron chi connectivity index (χ1n) is 11.5. The van der Waals surface area contributed by atoms with Gasteiger partial charge in [0, 0.05) is 17.7 Å². The first-order valence-corrected chi connectivity index (χ1v) is 12.7. The minimum Gasteiger partial charge on any atom is -0.369 e. The average Bonchev–Trinajstić information content (AvgIpc) is 2.74. The normalized spacial score (nSPS) is 13.3. The Bertz CT molecular complexity index is 919. The molecule has 35 heavy (non-hydrogen) atoms. The van der Waals surface area contributed by atoms with Gasteiger partial charge in [-0.1, -0.05) is 34.9 Å². The lowest BCUT2D eigenvalue weighted by Crippen LogP contribution is -2.35. The topological polar surface area (TPSA) is 85.1 Å². The van der Waals surface area contributed by atoms with Gasteiger partial charge in [0.15, 0.2) is 5.78 Å². The minimum absolute atomic E-state index is 0.125. The zero-order chi connectivity index (χ0) is 26.4. The zero-order valence-electron chi connectivity index (χ0n) is 20.9. The molecule has 0 radical (unpaired) electrons. The van der Waals surface area contributed by atoms with Crippen LogP contribution in [0.2, 0.25) is 0 Å². The number of nitrogens with zero attached hydrogens (tertiary/aromatic N) is 1. The van der Waals surface area contributed by atoms with Gasteiger partial charge in [0.2, 0.25) is 5.91 Å². The fraction of sp³-hybridized carbons (Fsp3) is 0.500. The van der Waals surface area contributed by atoms with E-state index in [4.69, 9.17) is 5.73 Å². The average molecular weight is 512 g/mol. The van der Waals surface area contributed by atoms with Gasteiger partial charge < -0.3 is 11.1 Å². The van der Waals surface area contributed by atoms with Gasteiger partial charge in [-0.3, -0.25) is 9.59 Å². The Morgan fingerprint density at radius 2 is 1.69 bits per heavy atom. The summed E-state index contributed by atoms with van der Waals surface area (Å²) < 4.78 is 38.2. The Morgan fingerprint density at radius 1 is 1.06 bits per heavy atom. The predicted octanol–water partition coefficient (Wildman–Crippen LogP) is 6.48. The number of halogens is 3. The van der Waals surface area contributed by atoms with Gasteiger partial charge in [0.05, 0.1) is 18.0 Å². The molecule has 0 aromatic carbocycles. The van der Waals surface area contributed by atoms with Gasteiger partial charge in [0.25, 0.3) is 0 Å². The highest BCUT2D eigenvalue weighted by molar-refractivity contribution is 7.99. The SMILES string of the molecule is CC(C)=CCC/C(C)=C/CC/C(C)=C/CSCC(Nc1ccc(C(F)(F)F)cn1)C(=O)CC(N)=O. The number of hydrogen-bond donors (Lipinski definition) is 2. The number of nitrogens with one attached hydrogen (secondary N) is 1. The second-order valence-electron chi connectivity index (χ2n) is 8.73. The molecular formula is C26H36F3N3O2S. The van der Waals surface area contributed by atoms with Crippen LogP contribution in [0.3, 0.4) is 0 Å². The van der Waals surface area contributed by atoms with Crippen molar-refractivity contribution in [1.82, 2.24) is 4.98 Å². The lowest BCUT2D eigenvalue weighted by Gasteiger charge is -2.17. The van der Waals surface area contributed by atoms with Crippen LogP contribution in [0.15, 0.2) is 53.3 Å². The maximum Gasteiger partial charge on any atom is 0.417 e. The van der Waals surface area contributed by atoms with Crippen LogP contribution in [0.4, 0.5) is 19.0 Å². The molecule has 0 aliphatic carbocycles. The molecule has 9 heteroatoms. The van der Waals surface area contributed by atoms with Gasteiger partial charge >= 0.3 is 6.18 Å². The van der Waals surface area contributed by atoms with Gasteiger partial charge in [-0.25, -0.2) is 4.98 Å². The van der Waals surface area contributed by atoms with Crippen LogP contribution < -0.4 is 11.1 Å². The first kappa shape index (κ1) is 30.5. The van der Waals surface area contributed by atoms with E-state index in [-0.39, 0.29) is 5.82 Å². The number of thioether (sulfide) groups is 1. The monoisotopic (exact) mass is 511 g/mol. The molecule has 1 unspecified atom stereocenters. The van der Waals surface area contributed by atoms with E-state index in [1.54, 1.807) is 0 Å². The van der Waals surface area contributed by atoms with Crippen LogP contribution in [-0.2, 0) is 15.8 Å². The van der Waals surface area contributed by atoms with Gasteiger partial charge in [-0.2, -0.15) is 24.9 Å². The number of hydrogen-bond acceptors (Lipinski definition) is 5. The molecule has 1 rings (SSSR count). The van der Waals surface area contributed by atoms with E-state index in [2.05, 4.69) is 56.2 Å². The number of carbonyl (C=O) groups excluding carboxylic acids is 2. The van der Waals surface area contributed by atoms with E-state index in [9.17, 15) is 22.8 Å². The van der Waals surface area contributed by atoms with Crippen molar-refractivity contribution in [3.05, 3.63) is 58.8 Å². The molecule has 0 saturated carbocycles. The number of nitrogens with two attached hydrogens (primary N) is 1. The third-order valence-corrected chi connectivity index (χ3v) is 6.08. The number of amides is 1. The summed E-state index contributed by atoms with van der Waals surface area (Å²) in [6.07, 6.45) is 6.39. The minimum atomic E-state index is -4.49. The van der Waals surface area contributed by atoms with Crippen molar-refractivity contribution in [2.24, 2.45) is 5.73 Å². The summed E-state index contributed by atoms with van der Waals surface area (Å²) in [5.74, 6) is -0.0763. The van der Waals surface area contributed by atoms with Crippen molar-refractivity contribution in [3.63, 3.8) is 0 Å². The highest BCUT2D eigenvalue weighted by atomic mass is 32.2. The Hall–Kier alpha value is -2.55. The Balaban J connectivity index is 2.59. The molecule has 1 atom stereocenters. The van der Waals surface area contributed by atoms with Crippen molar-refractivity contribution >= 4 is 29.3 Å². The van der Waals surface area contributed by atoms with E-state index in [0.717, 1.165) is 37.8 Å². The highest BCUT2D eigenvalue weighted by Gasteiger charge is 2.31. The van der Waals surface area contributed by atoms with Crippen molar-refractivity contribution in [1.29, 1.82) is 0 Å². The molecular weight excluding hydrogens is 475 g/mol. The molecule has 0 aliphatic heterocycles. The quantitative estimate of drug-likeness (QED) is 0.160. The zero-order valence-corrected chi connectivity index (χ0v) is 21.7. The Morgan fingerprint density at radius 3 is 2.23 bits per heavy atom. The summed E-state index contributed by atoms with van der Waals surface area (Å²) in [5.41, 5.74) is 8.21. The third-order valence-electron chi connectivity index (χ3n) is 5.11. The number of allylic oxidation sites excluding steroid dienone is 5. The lowest BCUT2D eigenvalue weighted by atomic mass is 10.1. The molecule has 1 heterocycles. The summed E-state index contributed by atoms with van der Waals surface area (Å²) in [4.78, 5) is 27.4. The third kappa shape index (κ3) is 13.8. The Kier molecular flexibility index (Phi) is 13.5. The summed E-state index contributed by atoms with van der Waals surface area (Å²) in [6, 6.07) is 1.26. The van der Waals surface area contributed by atoms with Gasteiger partial charge in [-0.05, 0) is 65.5 Å². The van der Waals surface area contributed by atoms with E-state index in [0.29, 0.717) is 17.7 Å². The number of pyridine rings is 1. The number of primary amides is 1. The molecule has 1 aromatic rings. The van der Waals surface area contributed by atoms with E-state index >= 15 is 0 Å². The maximum atomic E-state index is 12.7. The highest BCUT2D eigenvalue weighted by Crippen LogP contribution is 2.29. The lowest BCUT2D eigenvalue weighted by molar-refractivity contribution is -0.138. The molecule has 0 spiro atoms. The van der Waals surface area contributed by atoms with E-state index in [1.165, 1.54) is 28.5 Å². The molecule has 3 N–H and O–H groups in total. The summed E-state index contributed by atoms with van der Waals surface area (Å²) in [5, 5.41) is 2.83. The van der Waals surface area contributed by atoms with Crippen LogP contribution >= 0.6 is 11.8 Å². The van der Waals surface area contributed by atoms with Crippen LogP contribution in [0, 0.1) is 0 Å². The number of alkyl halides is 3. The number of anilines is 1. The van der Waals surface area contributed by atoms with Crippen molar-refractivity contribution in [2.45, 2.75) is 72.0 Å². The number of carbonyl (C=O) groups is 2. The smallest absolute Gasteiger partial charge is 0.369 e. The summed E-state index contributed by atoms with van der Waals surface area (Å²) in [7, 11) is 0. The summed E-state index contributed by atoms with van der Waals surface area (Å²) in [6.45, 7) is 8.41. The van der Waals surface area contributed by atoms with Crippen molar-refractivity contribution in [2.75, 3.05) is 16.8 Å². The second kappa shape index (κ2) is 15.4. The van der Waals surface area contributed by atoms with Crippen molar-refractivity contribution < 1.29 is 22.8 Å². The number of Topliss-reactive ketones (excluding diaryl/α,β-unsaturated/α-hetero) is 1. The van der Waals surface area contributed by atoms with E-state index < -0.39 is 35.9 Å². The molecule has 1 amide bonds. The fourth-order valence-electron chi connectivity index (χ4n) is 3.06. The number of rotatable bonds is 15. The predicted molar refractivity (Wildman–Crippen MR) is 138 cm³/mol. The molecule has 1 aromatic heterocycles. The standard InChI is InChI=1S/C26H36F3N3O2S/c1-18(2)7-5-8-19(3)9-6-10-20(4)13-14-35-17-22(23(33)15-24(30)34)32-25-12-11-21(16-31-25)26(27,28)29/h7,9,11-13,16,22H,5-6,8,10,14-15,17H2,1-4H3,(H2,30,34)(H,31,32)/b19-9+,20-13+. The van der Waals surface area contributed by atoms with Crippen molar-refractivity contribution in [3.8, 4) is 0 Å². The molecule has 5 nitrogen and oxygen atoms in total. The largest absolute Gasteiger partial charge is 0.417 e. The molecule has 0 saturated heterocycles. The van der Waals surface area contributed by atoms with Gasteiger partial charge in [0.1, 0.15) is 5.82 Å². The van der Waals surface area contributed by atoms with Crippen LogP contribution in [0.25, 0.3) is 0 Å². The maximum absolute atomic E-state index is 12.7. The number of aromatic nitrogens is 1. The second-order valence-corrected chi connectivity index (χ2v) is 9.81. The molecule has 0 fully saturated rings. The summed E-state index contributed by atoms with van der Waals surface area (Å²) >= 11 is 1.48. The first-order chi connectivity index (χ1) is 16.4. The molecule has 194 valence electrons.